The van der Waals surface area contributed by atoms with Crippen LogP contribution in [0.5, 0.6) is 0 Å². The molecule has 0 amide bonds. The van der Waals surface area contributed by atoms with E-state index in [1.807, 2.05) is 12.1 Å². The predicted molar refractivity (Wildman–Crippen MR) is 91.2 cm³/mol. The number of carbonyl (C=O) groups excluding carboxylic acids is 1. The van der Waals surface area contributed by atoms with Crippen LogP contribution in [0.3, 0.4) is 0 Å². The molecule has 2 heterocycles. The van der Waals surface area contributed by atoms with Gasteiger partial charge in [0.05, 0.1) is 12.2 Å². The Morgan fingerprint density at radius 2 is 1.83 bits per heavy atom. The zero-order valence-corrected chi connectivity index (χ0v) is 13.7. The zero-order valence-electron chi connectivity index (χ0n) is 13.7. The molecule has 1 saturated carbocycles. The maximum atomic E-state index is 10.8. The van der Waals surface area contributed by atoms with Crippen LogP contribution < -0.4 is 4.90 Å². The van der Waals surface area contributed by atoms with E-state index in [2.05, 4.69) is 21.9 Å². The number of morpholine rings is 1. The van der Waals surface area contributed by atoms with Gasteiger partial charge in [-0.2, -0.15) is 0 Å². The van der Waals surface area contributed by atoms with Crippen LogP contribution in [0, 0.1) is 0 Å². The molecule has 2 aliphatic heterocycles. The van der Waals surface area contributed by atoms with E-state index in [0.29, 0.717) is 0 Å². The first-order valence-electron chi connectivity index (χ1n) is 8.96. The highest BCUT2D eigenvalue weighted by atomic mass is 16.5. The fraction of sp³-hybridized carbons (Fsp3) is 0.632. The van der Waals surface area contributed by atoms with E-state index in [1.54, 1.807) is 0 Å². The number of hydrogen-bond acceptors (Lipinski definition) is 4. The highest BCUT2D eigenvalue weighted by Gasteiger charge is 2.42. The molecule has 1 spiro atoms. The molecule has 124 valence electrons. The number of aldehydes is 1. The lowest BCUT2D eigenvalue weighted by Crippen LogP contribution is -2.59. The smallest absolute Gasteiger partial charge is 0.150 e. The zero-order chi connectivity index (χ0) is 15.7. The van der Waals surface area contributed by atoms with Crippen LogP contribution in [-0.2, 0) is 4.74 Å². The van der Waals surface area contributed by atoms with Gasteiger partial charge in [0, 0.05) is 43.5 Å². The molecule has 0 radical (unpaired) electrons. The van der Waals surface area contributed by atoms with E-state index in [0.717, 1.165) is 63.5 Å². The Morgan fingerprint density at radius 1 is 1.09 bits per heavy atom. The van der Waals surface area contributed by atoms with Crippen LogP contribution in [0.4, 0.5) is 5.69 Å². The van der Waals surface area contributed by atoms with Gasteiger partial charge in [-0.3, -0.25) is 9.69 Å². The van der Waals surface area contributed by atoms with E-state index >= 15 is 0 Å². The second kappa shape index (κ2) is 6.25. The van der Waals surface area contributed by atoms with Crippen molar-refractivity contribution in [2.45, 2.75) is 43.7 Å². The number of carbonyl (C=O) groups is 1. The van der Waals surface area contributed by atoms with Crippen LogP contribution in [0.25, 0.3) is 0 Å². The lowest BCUT2D eigenvalue weighted by atomic mass is 9.85. The molecule has 0 atom stereocenters. The molecule has 4 heteroatoms. The van der Waals surface area contributed by atoms with Crippen molar-refractivity contribution >= 4 is 12.0 Å². The first-order valence-corrected chi connectivity index (χ1v) is 8.96. The maximum Gasteiger partial charge on any atom is 0.150 e. The molecule has 1 aliphatic carbocycles. The monoisotopic (exact) mass is 314 g/mol. The van der Waals surface area contributed by atoms with Crippen LogP contribution in [0.15, 0.2) is 24.3 Å². The maximum absolute atomic E-state index is 10.8. The Hall–Kier alpha value is -1.39. The van der Waals surface area contributed by atoms with E-state index < -0.39 is 0 Å². The van der Waals surface area contributed by atoms with Crippen molar-refractivity contribution in [3.8, 4) is 0 Å². The minimum Gasteiger partial charge on any atom is -0.372 e. The van der Waals surface area contributed by atoms with Crippen molar-refractivity contribution in [3.05, 3.63) is 29.8 Å². The van der Waals surface area contributed by atoms with Crippen molar-refractivity contribution in [1.29, 1.82) is 0 Å². The molecule has 3 aliphatic rings. The van der Waals surface area contributed by atoms with Crippen molar-refractivity contribution < 1.29 is 9.53 Å². The van der Waals surface area contributed by atoms with Crippen LogP contribution >= 0.6 is 0 Å². The van der Waals surface area contributed by atoms with Gasteiger partial charge in [-0.15, -0.1) is 0 Å². The van der Waals surface area contributed by atoms with Gasteiger partial charge in [0.15, 0.2) is 0 Å². The summed E-state index contributed by atoms with van der Waals surface area (Å²) in [5, 5.41) is 0. The quantitative estimate of drug-likeness (QED) is 0.803. The fourth-order valence-electron chi connectivity index (χ4n) is 4.18. The second-order valence-corrected chi connectivity index (χ2v) is 7.28. The first kappa shape index (κ1) is 15.2. The average Bonchev–Trinajstić information content (AvgIpc) is 2.54. The van der Waals surface area contributed by atoms with E-state index in [4.69, 9.17) is 4.74 Å². The van der Waals surface area contributed by atoms with Gasteiger partial charge in [-0.25, -0.2) is 0 Å². The normalized spacial score (nSPS) is 25.3. The molecule has 23 heavy (non-hydrogen) atoms. The standard InChI is InChI=1S/C19H26N2O2/c22-14-16-4-6-18(7-5-16)20-10-8-19(9-11-20)15-21(12-13-23-19)17-2-1-3-17/h4-7,14,17H,1-3,8-13,15H2. The highest BCUT2D eigenvalue weighted by molar-refractivity contribution is 5.75. The molecule has 4 rings (SSSR count). The summed E-state index contributed by atoms with van der Waals surface area (Å²) in [7, 11) is 0. The Labute approximate surface area is 138 Å². The summed E-state index contributed by atoms with van der Waals surface area (Å²) in [4.78, 5) is 15.9. The SMILES string of the molecule is O=Cc1ccc(N2CCC3(CC2)CN(C2CCC2)CCO3)cc1. The number of ether oxygens (including phenoxy) is 1. The van der Waals surface area contributed by atoms with Crippen molar-refractivity contribution in [2.24, 2.45) is 0 Å². The van der Waals surface area contributed by atoms with Gasteiger partial charge in [-0.05, 0) is 49.9 Å². The molecule has 0 unspecified atom stereocenters. The first-order chi connectivity index (χ1) is 11.3. The Balaban J connectivity index is 1.38. The summed E-state index contributed by atoms with van der Waals surface area (Å²) in [5.74, 6) is 0. The summed E-state index contributed by atoms with van der Waals surface area (Å²) in [6, 6.07) is 8.75. The van der Waals surface area contributed by atoms with Gasteiger partial charge >= 0.3 is 0 Å². The molecule has 1 aromatic rings. The number of piperidine rings is 1. The number of nitrogens with zero attached hydrogens (tertiary/aromatic N) is 2. The van der Waals surface area contributed by atoms with Gasteiger partial charge < -0.3 is 9.64 Å². The molecule has 0 N–H and O–H groups in total. The highest BCUT2D eigenvalue weighted by Crippen LogP contribution is 2.35. The van der Waals surface area contributed by atoms with Crippen molar-refractivity contribution in [1.82, 2.24) is 4.90 Å². The number of hydrogen-bond donors (Lipinski definition) is 0. The van der Waals surface area contributed by atoms with Gasteiger partial charge in [0.1, 0.15) is 6.29 Å². The fourth-order valence-corrected chi connectivity index (χ4v) is 4.18. The molecule has 1 aromatic carbocycles. The minimum atomic E-state index is 0.0765. The number of rotatable bonds is 3. The van der Waals surface area contributed by atoms with Crippen LogP contribution in [-0.4, -0.2) is 55.6 Å². The lowest BCUT2D eigenvalue weighted by molar-refractivity contribution is -0.135. The van der Waals surface area contributed by atoms with Crippen molar-refractivity contribution in [3.63, 3.8) is 0 Å². The summed E-state index contributed by atoms with van der Waals surface area (Å²) < 4.78 is 6.26. The topological polar surface area (TPSA) is 32.8 Å². The summed E-state index contributed by atoms with van der Waals surface area (Å²) in [6.45, 7) is 5.21. The van der Waals surface area contributed by atoms with Gasteiger partial charge in [0.2, 0.25) is 0 Å². The third-order valence-electron chi connectivity index (χ3n) is 5.94. The number of benzene rings is 1. The minimum absolute atomic E-state index is 0.0765. The third kappa shape index (κ3) is 3.02. The van der Waals surface area contributed by atoms with E-state index in [-0.39, 0.29) is 5.60 Å². The predicted octanol–water partition coefficient (Wildman–Crippen LogP) is 2.72. The summed E-state index contributed by atoms with van der Waals surface area (Å²) in [5.41, 5.74) is 2.04. The number of anilines is 1. The molecule has 0 aromatic heterocycles. The summed E-state index contributed by atoms with van der Waals surface area (Å²) in [6.07, 6.45) is 7.27. The molecule has 3 fully saturated rings. The van der Waals surface area contributed by atoms with Gasteiger partial charge in [-0.1, -0.05) is 6.42 Å². The molecular weight excluding hydrogens is 288 g/mol. The Morgan fingerprint density at radius 3 is 2.43 bits per heavy atom. The Bertz CT molecular complexity index is 545. The second-order valence-electron chi connectivity index (χ2n) is 7.28. The molecule has 2 saturated heterocycles. The largest absolute Gasteiger partial charge is 0.372 e. The van der Waals surface area contributed by atoms with Gasteiger partial charge in [0.25, 0.3) is 0 Å². The van der Waals surface area contributed by atoms with Crippen LogP contribution in [0.1, 0.15) is 42.5 Å². The molecule has 0 bridgehead atoms. The lowest BCUT2D eigenvalue weighted by Gasteiger charge is -2.51. The van der Waals surface area contributed by atoms with Crippen molar-refractivity contribution in [2.75, 3.05) is 37.7 Å². The average molecular weight is 314 g/mol. The van der Waals surface area contributed by atoms with E-state index in [9.17, 15) is 4.79 Å². The van der Waals surface area contributed by atoms with Crippen LogP contribution in [0.2, 0.25) is 0 Å². The Kier molecular flexibility index (Phi) is 4.12. The molecule has 4 nitrogen and oxygen atoms in total. The third-order valence-corrected chi connectivity index (χ3v) is 5.94. The van der Waals surface area contributed by atoms with E-state index in [1.165, 1.54) is 24.9 Å². The molecular formula is C19H26N2O2. The summed E-state index contributed by atoms with van der Waals surface area (Å²) >= 11 is 0.